The Morgan fingerprint density at radius 2 is 1.81 bits per heavy atom. The van der Waals surface area contributed by atoms with Crippen LogP contribution in [-0.2, 0) is 38.1 Å². The second-order valence-corrected chi connectivity index (χ2v) is 13.0. The topological polar surface area (TPSA) is 147 Å². The maximum absolute atomic E-state index is 14.7. The van der Waals surface area contributed by atoms with E-state index in [9.17, 15) is 24.3 Å². The number of carbonyl (C=O) groups is 4. The van der Waals surface area contributed by atoms with Crippen molar-refractivity contribution < 1.29 is 43.2 Å². The van der Waals surface area contributed by atoms with Crippen molar-refractivity contribution in [3.05, 3.63) is 60.2 Å². The van der Waals surface area contributed by atoms with Gasteiger partial charge in [0.2, 0.25) is 17.7 Å². The van der Waals surface area contributed by atoms with E-state index in [-0.39, 0.29) is 56.9 Å². The third-order valence-corrected chi connectivity index (χ3v) is 10.00. The molecule has 5 aliphatic rings. The summed E-state index contributed by atoms with van der Waals surface area (Å²) < 4.78 is 23.7. The number of fused-ring (bicyclic) bond motifs is 2. The van der Waals surface area contributed by atoms with Gasteiger partial charge in [-0.2, -0.15) is 0 Å². The standard InChI is InChI=1S/C35H46N4O9/c1-45-23-25-30(24-9-4-2-5-10-24)47-34(44)28-26-12-13-35(48-26)29(28)32(42)39(15-8-20-40)31(35)33(43)38(14-7-3-6-11-27(41)36-25)17-16-37-18-21-46-22-19-37/h2-5,7,9-10,12-13,25-26,28-31,40H,6,8,11,14-23H2,1H3,(H,36,41)/b7-3-/t25-,26+,28-,29-,30-,31+,35-/m1/s1. The first-order chi connectivity index (χ1) is 23.4. The van der Waals surface area contributed by atoms with E-state index in [2.05, 4.69) is 10.2 Å². The van der Waals surface area contributed by atoms with Crippen molar-refractivity contribution >= 4 is 23.7 Å². The Balaban J connectivity index is 1.37. The van der Waals surface area contributed by atoms with E-state index in [1.807, 2.05) is 42.5 Å². The van der Waals surface area contributed by atoms with Crippen LogP contribution in [0.5, 0.6) is 0 Å². The molecule has 2 N–H and O–H groups in total. The minimum absolute atomic E-state index is 0.0782. The number of aliphatic hydroxyl groups excluding tert-OH is 1. The van der Waals surface area contributed by atoms with Crippen LogP contribution in [-0.4, -0.2) is 140 Å². The molecule has 48 heavy (non-hydrogen) atoms. The molecule has 1 spiro atoms. The first kappa shape index (κ1) is 34.3. The van der Waals surface area contributed by atoms with Crippen molar-refractivity contribution in [1.82, 2.24) is 20.0 Å². The molecule has 5 bridgehead atoms. The molecule has 13 heteroatoms. The van der Waals surface area contributed by atoms with Crippen LogP contribution in [0.25, 0.3) is 0 Å². The summed E-state index contributed by atoms with van der Waals surface area (Å²) in [7, 11) is 1.51. The van der Waals surface area contributed by atoms with E-state index < -0.39 is 47.7 Å². The van der Waals surface area contributed by atoms with Crippen LogP contribution < -0.4 is 5.32 Å². The van der Waals surface area contributed by atoms with E-state index in [1.54, 1.807) is 17.1 Å². The normalized spacial score (nSPS) is 33.5. The van der Waals surface area contributed by atoms with Gasteiger partial charge in [0.15, 0.2) is 0 Å². The summed E-state index contributed by atoms with van der Waals surface area (Å²) in [5, 5.41) is 12.7. The molecule has 6 rings (SSSR count). The number of nitrogens with zero attached hydrogens (tertiary/aromatic N) is 3. The molecule has 3 saturated heterocycles. The number of likely N-dealkylation sites (tertiary alicyclic amines) is 1. The zero-order valence-corrected chi connectivity index (χ0v) is 27.4. The molecule has 5 heterocycles. The molecule has 7 atom stereocenters. The minimum atomic E-state index is -1.37. The number of ether oxygens (including phenoxy) is 4. The number of benzene rings is 1. The molecule has 0 radical (unpaired) electrons. The molecule has 3 amide bonds. The fourth-order valence-corrected chi connectivity index (χ4v) is 7.68. The van der Waals surface area contributed by atoms with Gasteiger partial charge < -0.3 is 39.2 Å². The van der Waals surface area contributed by atoms with E-state index in [1.165, 1.54) is 12.0 Å². The minimum Gasteiger partial charge on any atom is -0.455 e. The van der Waals surface area contributed by atoms with E-state index in [0.29, 0.717) is 38.3 Å². The number of rotatable bonds is 9. The number of esters is 1. The summed E-state index contributed by atoms with van der Waals surface area (Å²) >= 11 is 0. The molecule has 260 valence electrons. The number of carbonyl (C=O) groups excluding carboxylic acids is 4. The smallest absolute Gasteiger partial charge is 0.313 e. The van der Waals surface area contributed by atoms with Gasteiger partial charge in [0.1, 0.15) is 23.7 Å². The van der Waals surface area contributed by atoms with Gasteiger partial charge in [0, 0.05) is 59.4 Å². The van der Waals surface area contributed by atoms with Crippen molar-refractivity contribution in [2.45, 2.75) is 49.2 Å². The van der Waals surface area contributed by atoms with Crippen LogP contribution in [0.1, 0.15) is 30.9 Å². The molecule has 0 aliphatic carbocycles. The molecular formula is C35H46N4O9. The number of amides is 3. The molecule has 5 aliphatic heterocycles. The number of morpholine rings is 1. The summed E-state index contributed by atoms with van der Waals surface area (Å²) in [4.78, 5) is 61.9. The van der Waals surface area contributed by atoms with Crippen LogP contribution in [0.2, 0.25) is 0 Å². The fourth-order valence-electron chi connectivity index (χ4n) is 7.68. The Labute approximate surface area is 280 Å². The fraction of sp³-hybridized carbons (Fsp3) is 0.600. The highest BCUT2D eigenvalue weighted by atomic mass is 16.6. The molecule has 1 aromatic rings. The summed E-state index contributed by atoms with van der Waals surface area (Å²) in [6.45, 7) is 4.11. The Morgan fingerprint density at radius 1 is 1.02 bits per heavy atom. The molecule has 3 fully saturated rings. The lowest BCUT2D eigenvalue weighted by atomic mass is 9.74. The zero-order valence-electron chi connectivity index (χ0n) is 27.4. The van der Waals surface area contributed by atoms with Crippen LogP contribution in [0.4, 0.5) is 0 Å². The van der Waals surface area contributed by atoms with Crippen LogP contribution in [0.15, 0.2) is 54.6 Å². The van der Waals surface area contributed by atoms with Crippen LogP contribution in [0.3, 0.4) is 0 Å². The van der Waals surface area contributed by atoms with Crippen LogP contribution >= 0.6 is 0 Å². The first-order valence-corrected chi connectivity index (χ1v) is 16.9. The molecule has 0 saturated carbocycles. The average Bonchev–Trinajstić information content (AvgIpc) is 3.74. The molecule has 13 nitrogen and oxygen atoms in total. The predicted octanol–water partition coefficient (Wildman–Crippen LogP) is 0.446. The summed E-state index contributed by atoms with van der Waals surface area (Å²) in [6, 6.07) is 7.38. The predicted molar refractivity (Wildman–Crippen MR) is 172 cm³/mol. The highest BCUT2D eigenvalue weighted by molar-refractivity contribution is 5.99. The number of hydrogen-bond donors (Lipinski definition) is 2. The summed E-state index contributed by atoms with van der Waals surface area (Å²) in [5.41, 5.74) is -0.707. The van der Waals surface area contributed by atoms with Crippen molar-refractivity contribution in [1.29, 1.82) is 0 Å². The van der Waals surface area contributed by atoms with Gasteiger partial charge in [-0.05, 0) is 18.4 Å². The van der Waals surface area contributed by atoms with Gasteiger partial charge in [-0.3, -0.25) is 24.1 Å². The summed E-state index contributed by atoms with van der Waals surface area (Å²) in [5.74, 6) is -3.56. The SMILES string of the molecule is COC[C@H]1NC(=O)CC/C=C\CN(CCN2CCOCC2)C(=O)[C@@H]2N(CCCO)C(=O)[C@H]3[C@H](C(=O)O[C@@H]1c1ccccc1)[C@@H]1C=C[C@]23O1. The quantitative estimate of drug-likeness (QED) is 0.281. The second-order valence-electron chi connectivity index (χ2n) is 13.0. The monoisotopic (exact) mass is 666 g/mol. The number of methoxy groups -OCH3 is 1. The molecule has 0 aromatic heterocycles. The van der Waals surface area contributed by atoms with E-state index in [0.717, 1.165) is 13.1 Å². The van der Waals surface area contributed by atoms with Gasteiger partial charge in [-0.25, -0.2) is 0 Å². The third kappa shape index (κ3) is 6.79. The van der Waals surface area contributed by atoms with Gasteiger partial charge in [-0.1, -0.05) is 54.6 Å². The van der Waals surface area contributed by atoms with Crippen molar-refractivity contribution in [2.24, 2.45) is 11.8 Å². The molecule has 1 aromatic carbocycles. The van der Waals surface area contributed by atoms with Crippen molar-refractivity contribution in [3.8, 4) is 0 Å². The Bertz CT molecular complexity index is 1380. The van der Waals surface area contributed by atoms with E-state index in [4.69, 9.17) is 18.9 Å². The molecular weight excluding hydrogens is 620 g/mol. The number of aliphatic hydroxyl groups is 1. The second kappa shape index (κ2) is 15.3. The number of nitrogens with one attached hydrogen (secondary N) is 1. The van der Waals surface area contributed by atoms with Crippen molar-refractivity contribution in [2.75, 3.05) is 72.8 Å². The largest absolute Gasteiger partial charge is 0.455 e. The van der Waals surface area contributed by atoms with Crippen LogP contribution in [0, 0.1) is 11.8 Å². The molecule has 0 unspecified atom stereocenters. The van der Waals surface area contributed by atoms with Gasteiger partial charge in [0.05, 0.1) is 37.9 Å². The summed E-state index contributed by atoms with van der Waals surface area (Å²) in [6.07, 6.45) is 6.49. The lowest BCUT2D eigenvalue weighted by Gasteiger charge is -2.37. The maximum atomic E-state index is 14.7. The number of cyclic esters (lactones) is 1. The van der Waals surface area contributed by atoms with E-state index >= 15 is 0 Å². The Hall–Kier alpha value is -3.62. The Kier molecular flexibility index (Phi) is 10.9. The Morgan fingerprint density at radius 3 is 2.56 bits per heavy atom. The first-order valence-electron chi connectivity index (χ1n) is 16.9. The number of allylic oxidation sites excluding steroid dienone is 1. The lowest BCUT2D eigenvalue weighted by Crippen LogP contribution is -2.57. The van der Waals surface area contributed by atoms with Gasteiger partial charge in [0.25, 0.3) is 0 Å². The lowest BCUT2D eigenvalue weighted by molar-refractivity contribution is -0.162. The van der Waals surface area contributed by atoms with Crippen molar-refractivity contribution in [3.63, 3.8) is 0 Å². The number of hydrogen-bond acceptors (Lipinski definition) is 10. The van der Waals surface area contributed by atoms with Gasteiger partial charge >= 0.3 is 5.97 Å². The zero-order chi connectivity index (χ0) is 33.7. The average molecular weight is 667 g/mol. The van der Waals surface area contributed by atoms with Gasteiger partial charge in [-0.15, -0.1) is 0 Å². The highest BCUT2D eigenvalue weighted by Gasteiger charge is 2.73. The highest BCUT2D eigenvalue weighted by Crippen LogP contribution is 2.56. The third-order valence-electron chi connectivity index (χ3n) is 10.00. The maximum Gasteiger partial charge on any atom is 0.313 e.